The second kappa shape index (κ2) is 9.54. The molecule has 1 aromatic carbocycles. The molecule has 0 fully saturated rings. The Kier molecular flexibility index (Phi) is 7.94. The summed E-state index contributed by atoms with van der Waals surface area (Å²) in [4.78, 5) is 34.7. The van der Waals surface area contributed by atoms with Gasteiger partial charge in [0.05, 0.1) is 26.2 Å². The molecule has 1 atom stereocenters. The van der Waals surface area contributed by atoms with Crippen LogP contribution in [0.15, 0.2) is 18.2 Å². The highest BCUT2D eigenvalue weighted by Crippen LogP contribution is 2.33. The van der Waals surface area contributed by atoms with Crippen LogP contribution in [0, 0.1) is 5.82 Å². The Morgan fingerprint density at radius 1 is 1.14 bits per heavy atom. The Morgan fingerprint density at radius 3 is 2.28 bits per heavy atom. The van der Waals surface area contributed by atoms with E-state index in [4.69, 9.17) is 0 Å². The number of esters is 2. The van der Waals surface area contributed by atoms with Crippen LogP contribution in [-0.4, -0.2) is 52.3 Å². The fourth-order valence-corrected chi connectivity index (χ4v) is 3.00. The number of halogens is 4. The highest BCUT2D eigenvalue weighted by Gasteiger charge is 2.34. The Balaban J connectivity index is 2.90. The molecule has 0 saturated carbocycles. The summed E-state index contributed by atoms with van der Waals surface area (Å²) in [6.45, 7) is 0. The molecule has 0 saturated heterocycles. The van der Waals surface area contributed by atoms with Gasteiger partial charge in [0.15, 0.2) is 0 Å². The maximum absolute atomic E-state index is 13.3. The van der Waals surface area contributed by atoms with Gasteiger partial charge in [-0.25, -0.2) is 17.6 Å². The Morgan fingerprint density at radius 2 is 1.76 bits per heavy atom. The van der Waals surface area contributed by atoms with E-state index in [2.05, 4.69) is 9.47 Å². The Bertz CT molecular complexity index is 887. The van der Waals surface area contributed by atoms with Crippen LogP contribution in [-0.2, 0) is 40.1 Å². The van der Waals surface area contributed by atoms with E-state index in [0.717, 1.165) is 20.3 Å². The average molecular weight is 444 g/mol. The standard InChI is InChI=1S/C15H16F4N2O7S/c1-27-13(23)6-11(14(24)28-2)20-12(22)7-29(25,26)21-8-3-4-10(16)9(5-8)15(17,18)19/h3-5,11,21H,6-7H2,1-2H3,(H,20,22). The number of benzene rings is 1. The van der Waals surface area contributed by atoms with Crippen molar-refractivity contribution in [1.82, 2.24) is 5.32 Å². The van der Waals surface area contributed by atoms with Gasteiger partial charge in [0.1, 0.15) is 17.6 Å². The summed E-state index contributed by atoms with van der Waals surface area (Å²) in [5.41, 5.74) is -2.34. The topological polar surface area (TPSA) is 128 Å². The van der Waals surface area contributed by atoms with E-state index < -0.39 is 69.3 Å². The second-order valence-electron chi connectivity index (χ2n) is 5.48. The summed E-state index contributed by atoms with van der Waals surface area (Å²) in [6, 6.07) is -0.184. The van der Waals surface area contributed by atoms with Gasteiger partial charge in [-0.3, -0.25) is 14.3 Å². The lowest BCUT2D eigenvalue weighted by Crippen LogP contribution is -2.45. The predicted molar refractivity (Wildman–Crippen MR) is 89.4 cm³/mol. The fraction of sp³-hybridized carbons (Fsp3) is 0.400. The first kappa shape index (κ1) is 24.1. The minimum Gasteiger partial charge on any atom is -0.469 e. The third kappa shape index (κ3) is 7.56. The van der Waals surface area contributed by atoms with Gasteiger partial charge in [0.25, 0.3) is 0 Å². The predicted octanol–water partition coefficient (Wildman–Crippen LogP) is 0.807. The number of carbonyl (C=O) groups excluding carboxylic acids is 3. The van der Waals surface area contributed by atoms with Gasteiger partial charge >= 0.3 is 18.1 Å². The molecule has 1 amide bonds. The van der Waals surface area contributed by atoms with Crippen LogP contribution in [0.3, 0.4) is 0 Å². The molecule has 2 N–H and O–H groups in total. The second-order valence-corrected chi connectivity index (χ2v) is 7.20. The first-order chi connectivity index (χ1) is 13.3. The maximum Gasteiger partial charge on any atom is 0.419 e. The molecule has 0 aliphatic rings. The minimum absolute atomic E-state index is 0.222. The molecule has 9 nitrogen and oxygen atoms in total. The molecule has 0 aliphatic carbocycles. The molecule has 0 radical (unpaired) electrons. The average Bonchev–Trinajstić information content (AvgIpc) is 2.60. The number of carbonyl (C=O) groups is 3. The van der Waals surface area contributed by atoms with Crippen molar-refractivity contribution in [3.05, 3.63) is 29.6 Å². The molecule has 0 spiro atoms. The molecule has 1 rings (SSSR count). The zero-order valence-corrected chi connectivity index (χ0v) is 15.8. The van der Waals surface area contributed by atoms with E-state index in [9.17, 15) is 40.4 Å². The number of hydrogen-bond acceptors (Lipinski definition) is 7. The van der Waals surface area contributed by atoms with Gasteiger partial charge in [-0.15, -0.1) is 0 Å². The zero-order chi connectivity index (χ0) is 22.4. The lowest BCUT2D eigenvalue weighted by atomic mass is 10.2. The van der Waals surface area contributed by atoms with Crippen LogP contribution >= 0.6 is 0 Å². The molecular formula is C15H16F4N2O7S. The third-order valence-corrected chi connectivity index (χ3v) is 4.47. The molecule has 162 valence electrons. The molecule has 29 heavy (non-hydrogen) atoms. The van der Waals surface area contributed by atoms with Crippen molar-refractivity contribution in [2.75, 3.05) is 24.7 Å². The number of rotatable bonds is 8. The van der Waals surface area contributed by atoms with E-state index >= 15 is 0 Å². The van der Waals surface area contributed by atoms with E-state index in [1.165, 1.54) is 0 Å². The van der Waals surface area contributed by atoms with E-state index in [0.29, 0.717) is 6.07 Å². The first-order valence-corrected chi connectivity index (χ1v) is 9.25. The molecular weight excluding hydrogens is 428 g/mol. The van der Waals surface area contributed by atoms with Crippen molar-refractivity contribution in [1.29, 1.82) is 0 Å². The number of anilines is 1. The van der Waals surface area contributed by atoms with Crippen molar-refractivity contribution in [2.24, 2.45) is 0 Å². The monoisotopic (exact) mass is 444 g/mol. The summed E-state index contributed by atoms with van der Waals surface area (Å²) in [7, 11) is -2.56. The lowest BCUT2D eigenvalue weighted by Gasteiger charge is -2.16. The highest BCUT2D eigenvalue weighted by atomic mass is 32.2. The fourth-order valence-electron chi connectivity index (χ4n) is 2.02. The van der Waals surface area contributed by atoms with E-state index in [-0.39, 0.29) is 6.07 Å². The van der Waals surface area contributed by atoms with Crippen molar-refractivity contribution in [2.45, 2.75) is 18.6 Å². The van der Waals surface area contributed by atoms with Crippen molar-refractivity contribution >= 4 is 33.6 Å². The number of alkyl halides is 3. The molecule has 0 aliphatic heterocycles. The molecule has 1 unspecified atom stereocenters. The normalized spacial score (nSPS) is 12.6. The number of methoxy groups -OCH3 is 2. The van der Waals surface area contributed by atoms with Gasteiger partial charge < -0.3 is 14.8 Å². The highest BCUT2D eigenvalue weighted by molar-refractivity contribution is 7.93. The lowest BCUT2D eigenvalue weighted by molar-refractivity contribution is -0.150. The van der Waals surface area contributed by atoms with E-state index in [1.54, 1.807) is 4.72 Å². The largest absolute Gasteiger partial charge is 0.469 e. The van der Waals surface area contributed by atoms with Crippen LogP contribution in [0.2, 0.25) is 0 Å². The van der Waals surface area contributed by atoms with Gasteiger partial charge in [-0.2, -0.15) is 13.2 Å². The quantitative estimate of drug-likeness (QED) is 0.449. The maximum atomic E-state index is 13.3. The van der Waals surface area contributed by atoms with Crippen molar-refractivity contribution in [3.63, 3.8) is 0 Å². The molecule has 14 heteroatoms. The van der Waals surface area contributed by atoms with Gasteiger partial charge in [0.2, 0.25) is 15.9 Å². The number of nitrogens with one attached hydrogen (secondary N) is 2. The number of amides is 1. The summed E-state index contributed by atoms with van der Waals surface area (Å²) in [5, 5.41) is 1.95. The van der Waals surface area contributed by atoms with Gasteiger partial charge in [-0.1, -0.05) is 0 Å². The number of ether oxygens (including phenoxy) is 2. The SMILES string of the molecule is COC(=O)CC(NC(=O)CS(=O)(=O)Nc1ccc(F)c(C(F)(F)F)c1)C(=O)OC. The van der Waals surface area contributed by atoms with Crippen LogP contribution in [0.4, 0.5) is 23.2 Å². The van der Waals surface area contributed by atoms with Crippen LogP contribution in [0.25, 0.3) is 0 Å². The number of sulfonamides is 1. The molecule has 1 aromatic rings. The molecule has 0 aromatic heterocycles. The first-order valence-electron chi connectivity index (χ1n) is 7.60. The van der Waals surface area contributed by atoms with Crippen molar-refractivity contribution < 1.29 is 49.8 Å². The summed E-state index contributed by atoms with van der Waals surface area (Å²) in [5.74, 6) is -6.12. The minimum atomic E-state index is -5.06. The van der Waals surface area contributed by atoms with Crippen molar-refractivity contribution in [3.8, 4) is 0 Å². The van der Waals surface area contributed by atoms with E-state index in [1.807, 2.05) is 5.32 Å². The Hall–Kier alpha value is -2.90. The third-order valence-electron chi connectivity index (χ3n) is 3.29. The molecule has 0 heterocycles. The van der Waals surface area contributed by atoms with Crippen LogP contribution in [0.5, 0.6) is 0 Å². The Labute approximate surface area is 162 Å². The molecule has 0 bridgehead atoms. The summed E-state index contributed by atoms with van der Waals surface area (Å²) in [6.07, 6.45) is -5.71. The number of hydrogen-bond donors (Lipinski definition) is 2. The van der Waals surface area contributed by atoms with Crippen LogP contribution < -0.4 is 10.0 Å². The van der Waals surface area contributed by atoms with Gasteiger partial charge in [-0.05, 0) is 18.2 Å². The zero-order valence-electron chi connectivity index (χ0n) is 15.0. The van der Waals surface area contributed by atoms with Crippen LogP contribution in [0.1, 0.15) is 12.0 Å². The smallest absolute Gasteiger partial charge is 0.419 e. The summed E-state index contributed by atoms with van der Waals surface area (Å²) >= 11 is 0. The van der Waals surface area contributed by atoms with Gasteiger partial charge in [0, 0.05) is 5.69 Å². The summed E-state index contributed by atoms with van der Waals surface area (Å²) < 4.78 is 85.7.